The minimum absolute atomic E-state index is 0.0552. The topological polar surface area (TPSA) is 72.2 Å². The maximum atomic E-state index is 12.2. The molecule has 0 spiro atoms. The number of amides is 1. The normalized spacial score (nSPS) is 21.7. The number of nitro groups is 1. The second-order valence-electron chi connectivity index (χ2n) is 4.84. The van der Waals surface area contributed by atoms with Crippen LogP contribution in [0.5, 0.6) is 0 Å². The van der Waals surface area contributed by atoms with Crippen LogP contribution in [0.1, 0.15) is 29.6 Å². The Morgan fingerprint density at radius 3 is 2.90 bits per heavy atom. The predicted octanol–water partition coefficient (Wildman–Crippen LogP) is 3.54. The van der Waals surface area contributed by atoms with E-state index in [1.165, 1.54) is 18.2 Å². The Bertz CT molecular complexity index is 538. The summed E-state index contributed by atoms with van der Waals surface area (Å²) in [7, 11) is 0. The molecule has 0 aromatic heterocycles. The molecule has 0 heterocycles. The maximum Gasteiger partial charge on any atom is 0.283 e. The van der Waals surface area contributed by atoms with Crippen molar-refractivity contribution in [3.8, 4) is 0 Å². The zero-order chi connectivity index (χ0) is 14.7. The van der Waals surface area contributed by atoms with E-state index < -0.39 is 10.8 Å². The van der Waals surface area contributed by atoms with Crippen LogP contribution in [0, 0.1) is 16.0 Å². The van der Waals surface area contributed by atoms with Gasteiger partial charge in [0.05, 0.1) is 4.92 Å². The maximum absolute atomic E-state index is 12.2. The van der Waals surface area contributed by atoms with Gasteiger partial charge >= 0.3 is 0 Å². The highest BCUT2D eigenvalue weighted by Crippen LogP contribution is 2.28. The summed E-state index contributed by atoms with van der Waals surface area (Å²) < 4.78 is 0. The third kappa shape index (κ3) is 3.30. The number of rotatable bonds is 4. The van der Waals surface area contributed by atoms with Gasteiger partial charge in [0.25, 0.3) is 11.6 Å². The van der Waals surface area contributed by atoms with Crippen molar-refractivity contribution in [2.24, 2.45) is 5.92 Å². The summed E-state index contributed by atoms with van der Waals surface area (Å²) in [6, 6.07) is 4.15. The molecule has 1 aliphatic carbocycles. The Balaban J connectivity index is 2.19. The molecule has 108 valence electrons. The molecule has 1 N–H and O–H groups in total. The first-order valence-electron chi connectivity index (χ1n) is 6.33. The second-order valence-corrected chi connectivity index (χ2v) is 5.93. The molecule has 1 amide bonds. The fourth-order valence-electron chi connectivity index (χ4n) is 2.51. The molecule has 20 heavy (non-hydrogen) atoms. The molecule has 0 saturated heterocycles. The van der Waals surface area contributed by atoms with Crippen LogP contribution < -0.4 is 5.32 Å². The highest BCUT2D eigenvalue weighted by atomic mass is 79.9. The molecular formula is C13H14BrClN2O3. The van der Waals surface area contributed by atoms with Crippen LogP contribution in [-0.4, -0.2) is 22.2 Å². The molecule has 2 rings (SSSR count). The number of nitro benzene ring substituents is 1. The van der Waals surface area contributed by atoms with Crippen LogP contribution in [-0.2, 0) is 0 Å². The van der Waals surface area contributed by atoms with Crippen LogP contribution in [0.15, 0.2) is 18.2 Å². The summed E-state index contributed by atoms with van der Waals surface area (Å²) in [5, 5.41) is 15.0. The number of halogens is 2. The fourth-order valence-corrected chi connectivity index (χ4v) is 3.45. The number of nitrogens with zero attached hydrogens (tertiary/aromatic N) is 1. The number of alkyl halides is 1. The predicted molar refractivity (Wildman–Crippen MR) is 80.5 cm³/mol. The van der Waals surface area contributed by atoms with Crippen molar-refractivity contribution < 1.29 is 9.72 Å². The van der Waals surface area contributed by atoms with Crippen LogP contribution in [0.3, 0.4) is 0 Å². The Morgan fingerprint density at radius 1 is 1.50 bits per heavy atom. The number of nitrogens with one attached hydrogen (secondary N) is 1. The lowest BCUT2D eigenvalue weighted by molar-refractivity contribution is -0.385. The molecule has 0 aliphatic heterocycles. The van der Waals surface area contributed by atoms with Crippen LogP contribution in [0.25, 0.3) is 0 Å². The average Bonchev–Trinajstić information content (AvgIpc) is 2.85. The van der Waals surface area contributed by atoms with E-state index in [-0.39, 0.29) is 22.3 Å². The van der Waals surface area contributed by atoms with Gasteiger partial charge in [-0.1, -0.05) is 34.0 Å². The number of hydrogen-bond acceptors (Lipinski definition) is 3. The van der Waals surface area contributed by atoms with Crippen molar-refractivity contribution >= 4 is 39.1 Å². The largest absolute Gasteiger partial charge is 0.349 e. The van der Waals surface area contributed by atoms with Crippen molar-refractivity contribution in [3.63, 3.8) is 0 Å². The monoisotopic (exact) mass is 360 g/mol. The first-order valence-corrected chi connectivity index (χ1v) is 7.83. The standard InChI is InChI=1S/C13H14BrClN2O3/c14-7-8-2-1-3-11(8)16-13(18)10-5-4-9(15)6-12(10)17(19)20/h4-6,8,11H,1-3,7H2,(H,16,18). The molecule has 1 saturated carbocycles. The van der Waals surface area contributed by atoms with Gasteiger partial charge in [-0.2, -0.15) is 0 Å². The van der Waals surface area contributed by atoms with E-state index in [1.807, 2.05) is 0 Å². The third-order valence-corrected chi connectivity index (χ3v) is 4.64. The summed E-state index contributed by atoms with van der Waals surface area (Å²) >= 11 is 9.17. The van der Waals surface area contributed by atoms with Crippen LogP contribution >= 0.6 is 27.5 Å². The summed E-state index contributed by atoms with van der Waals surface area (Å²) in [6.45, 7) is 0. The molecule has 5 nitrogen and oxygen atoms in total. The first-order chi connectivity index (χ1) is 9.52. The minimum Gasteiger partial charge on any atom is -0.349 e. The SMILES string of the molecule is O=C(NC1CCCC1CBr)c1ccc(Cl)cc1[N+](=O)[O-]. The Morgan fingerprint density at radius 2 is 2.25 bits per heavy atom. The molecule has 0 radical (unpaired) electrons. The van der Waals surface area contributed by atoms with Crippen molar-refractivity contribution in [2.75, 3.05) is 5.33 Å². The highest BCUT2D eigenvalue weighted by molar-refractivity contribution is 9.09. The van der Waals surface area contributed by atoms with E-state index in [1.54, 1.807) is 0 Å². The van der Waals surface area contributed by atoms with Gasteiger partial charge in [0.1, 0.15) is 5.56 Å². The van der Waals surface area contributed by atoms with E-state index in [0.717, 1.165) is 24.6 Å². The highest BCUT2D eigenvalue weighted by Gasteiger charge is 2.29. The molecule has 2 unspecified atom stereocenters. The van der Waals surface area contributed by atoms with E-state index >= 15 is 0 Å². The number of carbonyl (C=O) groups is 1. The number of hydrogen-bond donors (Lipinski definition) is 1. The van der Waals surface area contributed by atoms with Gasteiger partial charge in [-0.05, 0) is 30.9 Å². The molecular weight excluding hydrogens is 348 g/mol. The zero-order valence-electron chi connectivity index (χ0n) is 10.6. The summed E-state index contributed by atoms with van der Waals surface area (Å²) in [5.41, 5.74) is -0.206. The lowest BCUT2D eigenvalue weighted by Gasteiger charge is -2.19. The van der Waals surface area contributed by atoms with Crippen molar-refractivity contribution in [3.05, 3.63) is 38.9 Å². The average molecular weight is 362 g/mol. The molecule has 7 heteroatoms. The summed E-state index contributed by atoms with van der Waals surface area (Å²) in [4.78, 5) is 22.6. The lowest BCUT2D eigenvalue weighted by atomic mass is 10.1. The Labute approximate surface area is 130 Å². The molecule has 0 bridgehead atoms. The second kappa shape index (κ2) is 6.54. The van der Waals surface area contributed by atoms with Gasteiger partial charge in [-0.3, -0.25) is 14.9 Å². The van der Waals surface area contributed by atoms with Crippen LogP contribution in [0.2, 0.25) is 5.02 Å². The molecule has 1 fully saturated rings. The lowest BCUT2D eigenvalue weighted by Crippen LogP contribution is -2.38. The van der Waals surface area contributed by atoms with E-state index in [0.29, 0.717) is 5.92 Å². The smallest absolute Gasteiger partial charge is 0.283 e. The minimum atomic E-state index is -0.586. The van der Waals surface area contributed by atoms with E-state index in [2.05, 4.69) is 21.2 Å². The quantitative estimate of drug-likeness (QED) is 0.506. The van der Waals surface area contributed by atoms with Gasteiger partial charge < -0.3 is 5.32 Å². The van der Waals surface area contributed by atoms with Crippen LogP contribution in [0.4, 0.5) is 5.69 Å². The summed E-state index contributed by atoms with van der Waals surface area (Å²) in [5.74, 6) is -0.0310. The van der Waals surface area contributed by atoms with Crippen molar-refractivity contribution in [1.82, 2.24) is 5.32 Å². The van der Waals surface area contributed by atoms with Gasteiger partial charge in [-0.25, -0.2) is 0 Å². The van der Waals surface area contributed by atoms with E-state index in [4.69, 9.17) is 11.6 Å². The molecule has 1 aromatic rings. The summed E-state index contributed by atoms with van der Waals surface area (Å²) in [6.07, 6.45) is 3.02. The van der Waals surface area contributed by atoms with Crippen molar-refractivity contribution in [1.29, 1.82) is 0 Å². The fraction of sp³-hybridized carbons (Fsp3) is 0.462. The first kappa shape index (κ1) is 15.3. The van der Waals surface area contributed by atoms with Gasteiger partial charge in [-0.15, -0.1) is 0 Å². The Hall–Kier alpha value is -1.14. The zero-order valence-corrected chi connectivity index (χ0v) is 13.0. The number of carbonyl (C=O) groups excluding carboxylic acids is 1. The van der Waals surface area contributed by atoms with Gasteiger partial charge in [0, 0.05) is 22.5 Å². The molecule has 2 atom stereocenters. The van der Waals surface area contributed by atoms with Gasteiger partial charge in [0.15, 0.2) is 0 Å². The molecule has 1 aromatic carbocycles. The Kier molecular flexibility index (Phi) is 4.99. The van der Waals surface area contributed by atoms with Crippen molar-refractivity contribution in [2.45, 2.75) is 25.3 Å². The third-order valence-electron chi connectivity index (χ3n) is 3.57. The van der Waals surface area contributed by atoms with E-state index in [9.17, 15) is 14.9 Å². The molecule has 1 aliphatic rings. The number of benzene rings is 1. The van der Waals surface area contributed by atoms with Gasteiger partial charge in [0.2, 0.25) is 0 Å².